The van der Waals surface area contributed by atoms with Crippen molar-refractivity contribution in [1.29, 1.82) is 0 Å². The highest BCUT2D eigenvalue weighted by Crippen LogP contribution is 2.41. The van der Waals surface area contributed by atoms with Gasteiger partial charge in [-0.1, -0.05) is 37.1 Å². The molecule has 3 atom stereocenters. The van der Waals surface area contributed by atoms with E-state index in [9.17, 15) is 9.59 Å². The predicted molar refractivity (Wildman–Crippen MR) is 115 cm³/mol. The Morgan fingerprint density at radius 3 is 2.57 bits per heavy atom. The fourth-order valence-corrected chi connectivity index (χ4v) is 3.85. The van der Waals surface area contributed by atoms with Gasteiger partial charge in [0.2, 0.25) is 0 Å². The van der Waals surface area contributed by atoms with Gasteiger partial charge in [-0.25, -0.2) is 4.79 Å². The lowest BCUT2D eigenvalue weighted by atomic mass is 9.95. The maximum atomic E-state index is 11.8. The van der Waals surface area contributed by atoms with E-state index in [0.717, 1.165) is 63.4 Å². The number of epoxide rings is 1. The summed E-state index contributed by atoms with van der Waals surface area (Å²) >= 11 is 0. The van der Waals surface area contributed by atoms with E-state index < -0.39 is 5.60 Å². The maximum Gasteiger partial charge on any atom is 0.340 e. The fourth-order valence-electron chi connectivity index (χ4n) is 3.85. The fraction of sp³-hybridized carbons (Fsp3) is 0.600. The summed E-state index contributed by atoms with van der Waals surface area (Å²) in [6.45, 7) is 7.37. The predicted octanol–water partition coefficient (Wildman–Crippen LogP) is 4.67. The van der Waals surface area contributed by atoms with E-state index in [1.54, 1.807) is 0 Å². The molecular formula is C25H34O5. The standard InChI is InChI=1S/C25H34O5/c1-3-28-24(27)25(18-30-25)12-6-4-5-7-13-29-23-10-8-20(9-11-23)15-21(17-26)16-22-14-19(22)2/h8-11,17,21-22H,2-7,12-16,18H2,1H3. The Bertz CT molecular complexity index is 720. The van der Waals surface area contributed by atoms with Gasteiger partial charge in [0.25, 0.3) is 0 Å². The molecule has 0 amide bonds. The number of hydrogen-bond donors (Lipinski definition) is 0. The van der Waals surface area contributed by atoms with E-state index in [1.807, 2.05) is 19.1 Å². The highest BCUT2D eigenvalue weighted by Gasteiger charge is 2.52. The molecule has 0 N–H and O–H groups in total. The molecular weight excluding hydrogens is 380 g/mol. The molecule has 164 valence electrons. The van der Waals surface area contributed by atoms with Crippen LogP contribution in [0.25, 0.3) is 0 Å². The molecule has 1 heterocycles. The Morgan fingerprint density at radius 1 is 1.27 bits per heavy atom. The first-order valence-corrected chi connectivity index (χ1v) is 11.2. The largest absolute Gasteiger partial charge is 0.494 e. The van der Waals surface area contributed by atoms with Gasteiger partial charge in [0.15, 0.2) is 5.60 Å². The molecule has 1 aliphatic carbocycles. The maximum absolute atomic E-state index is 11.8. The highest BCUT2D eigenvalue weighted by atomic mass is 16.6. The first kappa shape index (κ1) is 22.5. The summed E-state index contributed by atoms with van der Waals surface area (Å²) in [4.78, 5) is 23.2. The Hall–Kier alpha value is -2.14. The third-order valence-corrected chi connectivity index (χ3v) is 6.01. The van der Waals surface area contributed by atoms with Gasteiger partial charge in [0, 0.05) is 5.92 Å². The molecule has 2 aliphatic rings. The summed E-state index contributed by atoms with van der Waals surface area (Å²) in [5, 5.41) is 0. The molecule has 0 spiro atoms. The molecule has 1 saturated heterocycles. The number of allylic oxidation sites excluding steroid dienone is 1. The van der Waals surface area contributed by atoms with E-state index >= 15 is 0 Å². The number of benzene rings is 1. The number of rotatable bonds is 15. The van der Waals surface area contributed by atoms with Crippen LogP contribution in [0.2, 0.25) is 0 Å². The van der Waals surface area contributed by atoms with Crippen LogP contribution in [-0.2, 0) is 25.5 Å². The quantitative estimate of drug-likeness (QED) is 0.137. The Balaban J connectivity index is 1.26. The lowest BCUT2D eigenvalue weighted by Crippen LogP contribution is -2.27. The van der Waals surface area contributed by atoms with Crippen LogP contribution < -0.4 is 4.74 Å². The number of hydrogen-bond acceptors (Lipinski definition) is 5. The first-order valence-electron chi connectivity index (χ1n) is 11.2. The lowest BCUT2D eigenvalue weighted by molar-refractivity contribution is -0.149. The topological polar surface area (TPSA) is 65.1 Å². The number of unbranched alkanes of at least 4 members (excludes halogenated alkanes) is 3. The van der Waals surface area contributed by atoms with Crippen molar-refractivity contribution in [3.05, 3.63) is 42.0 Å². The van der Waals surface area contributed by atoms with Crippen LogP contribution >= 0.6 is 0 Å². The van der Waals surface area contributed by atoms with Crippen molar-refractivity contribution < 1.29 is 23.8 Å². The molecule has 3 rings (SSSR count). The smallest absolute Gasteiger partial charge is 0.340 e. The average Bonchev–Trinajstić information content (AvgIpc) is 3.66. The first-order chi connectivity index (χ1) is 14.6. The Kier molecular flexibility index (Phi) is 8.08. The monoisotopic (exact) mass is 414 g/mol. The Labute approximate surface area is 179 Å². The van der Waals surface area contributed by atoms with Gasteiger partial charge in [-0.2, -0.15) is 0 Å². The second-order valence-corrected chi connectivity index (χ2v) is 8.56. The van der Waals surface area contributed by atoms with Crippen LogP contribution in [0.1, 0.15) is 57.4 Å². The van der Waals surface area contributed by atoms with Gasteiger partial charge < -0.3 is 19.0 Å². The average molecular weight is 415 g/mol. The van der Waals surface area contributed by atoms with Crippen molar-refractivity contribution >= 4 is 12.3 Å². The van der Waals surface area contributed by atoms with Gasteiger partial charge in [-0.05, 0) is 69.1 Å². The summed E-state index contributed by atoms with van der Waals surface area (Å²) in [5.74, 6) is 1.28. The van der Waals surface area contributed by atoms with Crippen molar-refractivity contribution in [3.8, 4) is 5.75 Å². The highest BCUT2D eigenvalue weighted by molar-refractivity contribution is 5.82. The summed E-state index contributed by atoms with van der Waals surface area (Å²) in [6.07, 6.45) is 8.66. The summed E-state index contributed by atoms with van der Waals surface area (Å²) in [6, 6.07) is 8.08. The van der Waals surface area contributed by atoms with E-state index in [1.165, 1.54) is 11.1 Å². The molecule has 2 fully saturated rings. The zero-order chi connectivity index (χ0) is 21.4. The third kappa shape index (κ3) is 6.69. The second-order valence-electron chi connectivity index (χ2n) is 8.56. The van der Waals surface area contributed by atoms with Crippen molar-refractivity contribution in [2.45, 2.75) is 63.9 Å². The van der Waals surface area contributed by atoms with Gasteiger partial charge in [0.1, 0.15) is 12.0 Å². The lowest BCUT2D eigenvalue weighted by Gasteiger charge is -2.11. The zero-order valence-corrected chi connectivity index (χ0v) is 18.1. The molecule has 0 bridgehead atoms. The van der Waals surface area contributed by atoms with E-state index in [2.05, 4.69) is 18.7 Å². The van der Waals surface area contributed by atoms with E-state index in [-0.39, 0.29) is 11.9 Å². The minimum Gasteiger partial charge on any atom is -0.494 e. The van der Waals surface area contributed by atoms with Crippen LogP contribution in [-0.4, -0.2) is 37.7 Å². The minimum absolute atomic E-state index is 0.0741. The van der Waals surface area contributed by atoms with E-state index in [0.29, 0.717) is 25.7 Å². The van der Waals surface area contributed by atoms with Crippen molar-refractivity contribution in [3.63, 3.8) is 0 Å². The molecule has 0 aromatic heterocycles. The van der Waals surface area contributed by atoms with Gasteiger partial charge >= 0.3 is 5.97 Å². The summed E-state index contributed by atoms with van der Waals surface area (Å²) < 4.78 is 16.2. The van der Waals surface area contributed by atoms with Crippen LogP contribution in [0.15, 0.2) is 36.4 Å². The minimum atomic E-state index is -0.649. The van der Waals surface area contributed by atoms with Crippen LogP contribution in [0.3, 0.4) is 0 Å². The molecule has 5 nitrogen and oxygen atoms in total. The van der Waals surface area contributed by atoms with E-state index in [4.69, 9.17) is 14.2 Å². The van der Waals surface area contributed by atoms with Gasteiger partial charge in [-0.15, -0.1) is 0 Å². The molecule has 1 aliphatic heterocycles. The number of ether oxygens (including phenoxy) is 3. The molecule has 1 aromatic carbocycles. The van der Waals surface area contributed by atoms with Crippen molar-refractivity contribution in [1.82, 2.24) is 0 Å². The SMILES string of the molecule is C=C1CC1CC(C=O)Cc1ccc(OCCCCCCC2(C(=O)OCC)CO2)cc1. The van der Waals surface area contributed by atoms with Crippen LogP contribution in [0.5, 0.6) is 5.75 Å². The Morgan fingerprint density at radius 2 is 1.97 bits per heavy atom. The molecule has 1 aromatic rings. The normalized spacial score (nSPS) is 23.0. The van der Waals surface area contributed by atoms with Crippen LogP contribution in [0, 0.1) is 11.8 Å². The number of aldehydes is 1. The van der Waals surface area contributed by atoms with Crippen LogP contribution in [0.4, 0.5) is 0 Å². The number of esters is 1. The second kappa shape index (κ2) is 10.8. The molecule has 3 unspecified atom stereocenters. The summed E-state index contributed by atoms with van der Waals surface area (Å²) in [5.41, 5.74) is 1.80. The van der Waals surface area contributed by atoms with Gasteiger partial charge in [0.05, 0.1) is 19.8 Å². The zero-order valence-electron chi connectivity index (χ0n) is 18.1. The number of carbonyl (C=O) groups excluding carboxylic acids is 2. The summed E-state index contributed by atoms with van der Waals surface area (Å²) in [7, 11) is 0. The van der Waals surface area contributed by atoms with Crippen molar-refractivity contribution in [2.75, 3.05) is 19.8 Å². The third-order valence-electron chi connectivity index (χ3n) is 6.01. The molecule has 0 radical (unpaired) electrons. The van der Waals surface area contributed by atoms with Crippen molar-refractivity contribution in [2.24, 2.45) is 11.8 Å². The number of carbonyl (C=O) groups is 2. The molecule has 30 heavy (non-hydrogen) atoms. The molecule has 1 saturated carbocycles. The van der Waals surface area contributed by atoms with Gasteiger partial charge in [-0.3, -0.25) is 0 Å². The molecule has 5 heteroatoms.